The highest BCUT2D eigenvalue weighted by atomic mass is 32.1. The Morgan fingerprint density at radius 2 is 1.95 bits per heavy atom. The van der Waals surface area contributed by atoms with E-state index in [9.17, 15) is 9.59 Å². The number of carbonyl (C=O) groups excluding carboxylic acids is 2. The molecule has 1 N–H and O–H groups in total. The number of nitrogens with one attached hydrogen (secondary N) is 1. The van der Waals surface area contributed by atoms with Gasteiger partial charge in [-0.25, -0.2) is 0 Å². The lowest BCUT2D eigenvalue weighted by molar-refractivity contribution is 0.0919. The number of amides is 1. The third-order valence-corrected chi connectivity index (χ3v) is 4.49. The van der Waals surface area contributed by atoms with Gasteiger partial charge in [0.25, 0.3) is 5.91 Å². The molecule has 3 nitrogen and oxygen atoms in total. The van der Waals surface area contributed by atoms with E-state index in [1.165, 1.54) is 16.2 Å². The standard InChI is InChI=1S/C15H21NO2S/c1-14(2,3)16-13(18)12-10(8-17)9-6-15(4,5)7-11(9)19-12/h8H,6-7H2,1-5H3,(H,16,18). The molecule has 0 aromatic carbocycles. The van der Waals surface area contributed by atoms with E-state index in [1.807, 2.05) is 20.8 Å². The molecule has 0 spiro atoms. The minimum Gasteiger partial charge on any atom is -0.347 e. The maximum atomic E-state index is 12.2. The normalized spacial score (nSPS) is 17.1. The highest BCUT2D eigenvalue weighted by molar-refractivity contribution is 7.14. The van der Waals surface area contributed by atoms with Crippen LogP contribution in [0.15, 0.2) is 0 Å². The van der Waals surface area contributed by atoms with Crippen LogP contribution in [-0.2, 0) is 12.8 Å². The van der Waals surface area contributed by atoms with Crippen molar-refractivity contribution in [3.05, 3.63) is 20.9 Å². The monoisotopic (exact) mass is 279 g/mol. The summed E-state index contributed by atoms with van der Waals surface area (Å²) in [5.41, 5.74) is 1.61. The first kappa shape index (κ1) is 14.3. The number of hydrogen-bond acceptors (Lipinski definition) is 3. The molecule has 1 amide bonds. The Kier molecular flexibility index (Phi) is 3.33. The SMILES string of the molecule is CC1(C)Cc2sc(C(=O)NC(C)(C)C)c(C=O)c2C1. The van der Waals surface area contributed by atoms with Crippen molar-refractivity contribution in [1.29, 1.82) is 0 Å². The summed E-state index contributed by atoms with van der Waals surface area (Å²) in [6.45, 7) is 10.2. The molecule has 0 bridgehead atoms. The molecule has 0 atom stereocenters. The van der Waals surface area contributed by atoms with Gasteiger partial charge in [0.2, 0.25) is 0 Å². The minimum atomic E-state index is -0.287. The van der Waals surface area contributed by atoms with Crippen LogP contribution in [0, 0.1) is 5.41 Å². The number of thiophene rings is 1. The Balaban J connectivity index is 2.35. The number of hydrogen-bond donors (Lipinski definition) is 1. The highest BCUT2D eigenvalue weighted by Gasteiger charge is 2.35. The summed E-state index contributed by atoms with van der Waals surface area (Å²) >= 11 is 1.48. The molecule has 1 aromatic heterocycles. The van der Waals surface area contributed by atoms with Gasteiger partial charge in [0.15, 0.2) is 6.29 Å². The largest absolute Gasteiger partial charge is 0.347 e. The van der Waals surface area contributed by atoms with Crippen LogP contribution in [0.2, 0.25) is 0 Å². The van der Waals surface area contributed by atoms with Crippen molar-refractivity contribution in [2.45, 2.75) is 53.0 Å². The zero-order valence-electron chi connectivity index (χ0n) is 12.2. The summed E-state index contributed by atoms with van der Waals surface area (Å²) in [5.74, 6) is -0.133. The zero-order valence-corrected chi connectivity index (χ0v) is 13.0. The van der Waals surface area contributed by atoms with Gasteiger partial charge in [0, 0.05) is 16.0 Å². The second-order valence-electron chi connectivity index (χ2n) is 7.09. The zero-order chi connectivity index (χ0) is 14.4. The minimum absolute atomic E-state index is 0.133. The molecular weight excluding hydrogens is 258 g/mol. The molecule has 0 unspecified atom stereocenters. The lowest BCUT2D eigenvalue weighted by Crippen LogP contribution is -2.40. The molecule has 19 heavy (non-hydrogen) atoms. The van der Waals surface area contributed by atoms with Gasteiger partial charge < -0.3 is 5.32 Å². The van der Waals surface area contributed by atoms with Crippen LogP contribution in [-0.4, -0.2) is 17.7 Å². The first-order valence-corrected chi connectivity index (χ1v) is 7.37. The van der Waals surface area contributed by atoms with E-state index in [4.69, 9.17) is 0 Å². The van der Waals surface area contributed by atoms with Crippen LogP contribution in [0.4, 0.5) is 0 Å². The second kappa shape index (κ2) is 4.44. The van der Waals surface area contributed by atoms with Gasteiger partial charge in [-0.2, -0.15) is 0 Å². The van der Waals surface area contributed by atoms with E-state index in [0.717, 1.165) is 24.7 Å². The van der Waals surface area contributed by atoms with E-state index in [1.54, 1.807) is 0 Å². The van der Waals surface area contributed by atoms with Crippen LogP contribution in [0.25, 0.3) is 0 Å². The van der Waals surface area contributed by atoms with Crippen LogP contribution < -0.4 is 5.32 Å². The first-order chi connectivity index (χ1) is 8.63. The van der Waals surface area contributed by atoms with E-state index >= 15 is 0 Å². The van der Waals surface area contributed by atoms with Crippen molar-refractivity contribution in [3.8, 4) is 0 Å². The highest BCUT2D eigenvalue weighted by Crippen LogP contribution is 2.43. The first-order valence-electron chi connectivity index (χ1n) is 6.55. The van der Waals surface area contributed by atoms with E-state index in [2.05, 4.69) is 19.2 Å². The quantitative estimate of drug-likeness (QED) is 0.845. The summed E-state index contributed by atoms with van der Waals surface area (Å²) in [4.78, 5) is 25.4. The van der Waals surface area contributed by atoms with Crippen LogP contribution in [0.5, 0.6) is 0 Å². The molecule has 0 radical (unpaired) electrons. The third-order valence-electron chi connectivity index (χ3n) is 3.24. The topological polar surface area (TPSA) is 46.2 Å². The van der Waals surface area contributed by atoms with Gasteiger partial charge in [0.05, 0.1) is 0 Å². The predicted molar refractivity (Wildman–Crippen MR) is 78.1 cm³/mol. The van der Waals surface area contributed by atoms with Crippen LogP contribution in [0.1, 0.15) is 65.1 Å². The summed E-state index contributed by atoms with van der Waals surface area (Å²) in [7, 11) is 0. The Morgan fingerprint density at radius 3 is 2.47 bits per heavy atom. The average Bonchev–Trinajstić information content (AvgIpc) is 2.66. The number of fused-ring (bicyclic) bond motifs is 1. The van der Waals surface area contributed by atoms with Crippen LogP contribution >= 0.6 is 11.3 Å². The second-order valence-corrected chi connectivity index (χ2v) is 8.19. The van der Waals surface area contributed by atoms with E-state index in [0.29, 0.717) is 10.4 Å². The van der Waals surface area contributed by atoms with Gasteiger partial charge in [-0.05, 0) is 44.6 Å². The van der Waals surface area contributed by atoms with Crippen molar-refractivity contribution in [3.63, 3.8) is 0 Å². The molecule has 1 aromatic rings. The number of carbonyl (C=O) groups is 2. The molecule has 0 aliphatic heterocycles. The Morgan fingerprint density at radius 1 is 1.32 bits per heavy atom. The molecule has 0 fully saturated rings. The Bertz CT molecular complexity index is 535. The van der Waals surface area contributed by atoms with Crippen molar-refractivity contribution >= 4 is 23.5 Å². The summed E-state index contributed by atoms with van der Waals surface area (Å²) < 4.78 is 0. The summed E-state index contributed by atoms with van der Waals surface area (Å²) in [6, 6.07) is 0. The molecule has 104 valence electrons. The molecule has 2 rings (SSSR count). The lowest BCUT2D eigenvalue weighted by Gasteiger charge is -2.20. The van der Waals surface area contributed by atoms with Crippen molar-refractivity contribution in [1.82, 2.24) is 5.32 Å². The maximum Gasteiger partial charge on any atom is 0.262 e. The van der Waals surface area contributed by atoms with Gasteiger partial charge in [-0.3, -0.25) is 9.59 Å². The molecule has 0 saturated carbocycles. The molecule has 0 saturated heterocycles. The molecule has 1 heterocycles. The van der Waals surface area contributed by atoms with Crippen molar-refractivity contribution in [2.75, 3.05) is 0 Å². The lowest BCUT2D eigenvalue weighted by atomic mass is 9.90. The van der Waals surface area contributed by atoms with Gasteiger partial charge >= 0.3 is 0 Å². The fourth-order valence-corrected chi connectivity index (χ4v) is 3.97. The van der Waals surface area contributed by atoms with Gasteiger partial charge in [0.1, 0.15) is 4.88 Å². The molecule has 1 aliphatic carbocycles. The molecular formula is C15H21NO2S. The predicted octanol–water partition coefficient (Wildman–Crippen LogP) is 3.21. The average molecular weight is 279 g/mol. The number of rotatable bonds is 2. The third kappa shape index (κ3) is 2.89. The Hall–Kier alpha value is -1.16. The van der Waals surface area contributed by atoms with Crippen LogP contribution in [0.3, 0.4) is 0 Å². The summed E-state index contributed by atoms with van der Waals surface area (Å²) in [5, 5.41) is 2.93. The van der Waals surface area contributed by atoms with Crippen molar-refractivity contribution in [2.24, 2.45) is 5.41 Å². The van der Waals surface area contributed by atoms with Gasteiger partial charge in [-0.1, -0.05) is 13.8 Å². The fraction of sp³-hybridized carbons (Fsp3) is 0.600. The van der Waals surface area contributed by atoms with E-state index in [-0.39, 0.29) is 16.9 Å². The van der Waals surface area contributed by atoms with Crippen molar-refractivity contribution < 1.29 is 9.59 Å². The smallest absolute Gasteiger partial charge is 0.262 e. The number of aldehydes is 1. The molecule has 4 heteroatoms. The maximum absolute atomic E-state index is 12.2. The fourth-order valence-electron chi connectivity index (χ4n) is 2.53. The van der Waals surface area contributed by atoms with E-state index < -0.39 is 0 Å². The summed E-state index contributed by atoms with van der Waals surface area (Å²) in [6.07, 6.45) is 2.68. The van der Waals surface area contributed by atoms with Gasteiger partial charge in [-0.15, -0.1) is 11.3 Å². The Labute approximate surface area is 118 Å². The molecule has 1 aliphatic rings.